The van der Waals surface area contributed by atoms with Gasteiger partial charge in [-0.15, -0.1) is 0 Å². The SMILES string of the molecule is Cc1ccc(OCn2ccc(C(=O)NCc3cn(-c4ccccc4)nc3-c3ccccc3)n2)c(C)c1. The van der Waals surface area contributed by atoms with Crippen molar-refractivity contribution in [1.29, 1.82) is 0 Å². The summed E-state index contributed by atoms with van der Waals surface area (Å²) < 4.78 is 9.31. The molecule has 0 saturated heterocycles. The predicted octanol–water partition coefficient (Wildman–Crippen LogP) is 5.32. The van der Waals surface area contributed by atoms with Crippen molar-refractivity contribution in [3.63, 3.8) is 0 Å². The Hall–Kier alpha value is -4.65. The van der Waals surface area contributed by atoms with E-state index >= 15 is 0 Å². The standard InChI is InChI=1S/C29H27N5O2/c1-21-13-14-27(22(2)17-21)36-20-33-16-15-26(31-33)29(35)30-18-24-19-34(25-11-7-4-8-12-25)32-28(24)23-9-5-3-6-10-23/h3-17,19H,18,20H2,1-2H3,(H,30,35). The molecule has 0 saturated carbocycles. The molecule has 5 rings (SSSR count). The first-order valence-electron chi connectivity index (χ1n) is 11.8. The monoisotopic (exact) mass is 477 g/mol. The number of hydrogen-bond donors (Lipinski definition) is 1. The van der Waals surface area contributed by atoms with Gasteiger partial charge in [0.05, 0.1) is 11.4 Å². The van der Waals surface area contributed by atoms with E-state index in [1.165, 1.54) is 5.56 Å². The molecule has 0 bridgehead atoms. The number of rotatable bonds is 8. The molecule has 0 aliphatic carbocycles. The smallest absolute Gasteiger partial charge is 0.272 e. The van der Waals surface area contributed by atoms with Gasteiger partial charge >= 0.3 is 0 Å². The molecule has 0 fully saturated rings. The van der Waals surface area contributed by atoms with Crippen molar-refractivity contribution in [3.05, 3.63) is 120 Å². The fraction of sp³-hybridized carbons (Fsp3) is 0.138. The number of nitrogens with one attached hydrogen (secondary N) is 1. The van der Waals surface area contributed by atoms with Crippen LogP contribution in [-0.4, -0.2) is 25.5 Å². The zero-order valence-corrected chi connectivity index (χ0v) is 20.3. The largest absolute Gasteiger partial charge is 0.471 e. The normalized spacial score (nSPS) is 10.8. The molecule has 2 heterocycles. The third-order valence-electron chi connectivity index (χ3n) is 5.85. The van der Waals surface area contributed by atoms with E-state index in [1.807, 2.05) is 97.5 Å². The van der Waals surface area contributed by atoms with Gasteiger partial charge in [0, 0.05) is 30.1 Å². The number of carbonyl (C=O) groups is 1. The van der Waals surface area contributed by atoms with Crippen molar-refractivity contribution in [1.82, 2.24) is 24.9 Å². The second kappa shape index (κ2) is 10.3. The van der Waals surface area contributed by atoms with Crippen LogP contribution in [0.2, 0.25) is 0 Å². The van der Waals surface area contributed by atoms with Crippen molar-refractivity contribution in [2.45, 2.75) is 27.1 Å². The van der Waals surface area contributed by atoms with Gasteiger partial charge in [0.25, 0.3) is 5.91 Å². The molecule has 3 aromatic carbocycles. The third-order valence-corrected chi connectivity index (χ3v) is 5.85. The highest BCUT2D eigenvalue weighted by Crippen LogP contribution is 2.24. The van der Waals surface area contributed by atoms with E-state index in [2.05, 4.69) is 16.5 Å². The Kier molecular flexibility index (Phi) is 6.62. The maximum atomic E-state index is 12.9. The average molecular weight is 478 g/mol. The summed E-state index contributed by atoms with van der Waals surface area (Å²) in [5.41, 5.74) is 6.26. The van der Waals surface area contributed by atoms with Crippen molar-refractivity contribution < 1.29 is 9.53 Å². The molecule has 5 aromatic rings. The van der Waals surface area contributed by atoms with E-state index in [1.54, 1.807) is 16.9 Å². The molecule has 180 valence electrons. The van der Waals surface area contributed by atoms with Gasteiger partial charge in [-0.05, 0) is 43.7 Å². The molecular weight excluding hydrogens is 450 g/mol. The number of nitrogens with zero attached hydrogens (tertiary/aromatic N) is 4. The Bertz CT molecular complexity index is 1470. The summed E-state index contributed by atoms with van der Waals surface area (Å²) in [6.07, 6.45) is 3.69. The lowest BCUT2D eigenvalue weighted by molar-refractivity contribution is 0.0944. The molecule has 7 heteroatoms. The molecule has 0 aliphatic rings. The Morgan fingerprint density at radius 3 is 2.42 bits per heavy atom. The molecule has 7 nitrogen and oxygen atoms in total. The minimum Gasteiger partial charge on any atom is -0.471 e. The second-order valence-corrected chi connectivity index (χ2v) is 8.61. The lowest BCUT2D eigenvalue weighted by atomic mass is 10.1. The number of aromatic nitrogens is 4. The summed E-state index contributed by atoms with van der Waals surface area (Å²) in [7, 11) is 0. The van der Waals surface area contributed by atoms with E-state index in [0.717, 1.165) is 33.8 Å². The van der Waals surface area contributed by atoms with Crippen LogP contribution in [0.25, 0.3) is 16.9 Å². The maximum absolute atomic E-state index is 12.9. The first-order valence-corrected chi connectivity index (χ1v) is 11.8. The Labute approximate surface area is 210 Å². The average Bonchev–Trinajstić information content (AvgIpc) is 3.56. The van der Waals surface area contributed by atoms with Crippen LogP contribution in [0.3, 0.4) is 0 Å². The molecule has 1 amide bonds. The Balaban J connectivity index is 1.28. The van der Waals surface area contributed by atoms with Gasteiger partial charge in [-0.3, -0.25) is 4.79 Å². The molecule has 1 N–H and O–H groups in total. The van der Waals surface area contributed by atoms with Crippen LogP contribution in [0.5, 0.6) is 5.75 Å². The van der Waals surface area contributed by atoms with Gasteiger partial charge in [0.15, 0.2) is 6.73 Å². The lowest BCUT2D eigenvalue weighted by Crippen LogP contribution is -2.23. The zero-order chi connectivity index (χ0) is 24.9. The summed E-state index contributed by atoms with van der Waals surface area (Å²) in [6.45, 7) is 4.60. The third kappa shape index (κ3) is 5.20. The topological polar surface area (TPSA) is 74.0 Å². The first-order chi connectivity index (χ1) is 17.6. The van der Waals surface area contributed by atoms with Crippen molar-refractivity contribution in [2.24, 2.45) is 0 Å². The fourth-order valence-corrected chi connectivity index (χ4v) is 4.01. The maximum Gasteiger partial charge on any atom is 0.272 e. The minimum absolute atomic E-state index is 0.221. The summed E-state index contributed by atoms with van der Waals surface area (Å²) in [5.74, 6) is 0.540. The highest BCUT2D eigenvalue weighted by Gasteiger charge is 2.15. The molecular formula is C29H27N5O2. The second-order valence-electron chi connectivity index (χ2n) is 8.61. The van der Waals surface area contributed by atoms with Crippen molar-refractivity contribution in [3.8, 4) is 22.7 Å². The highest BCUT2D eigenvalue weighted by molar-refractivity contribution is 5.92. The lowest BCUT2D eigenvalue weighted by Gasteiger charge is -2.09. The van der Waals surface area contributed by atoms with Gasteiger partial charge in [-0.1, -0.05) is 66.2 Å². The molecule has 2 aromatic heterocycles. The van der Waals surface area contributed by atoms with Crippen LogP contribution >= 0.6 is 0 Å². The summed E-state index contributed by atoms with van der Waals surface area (Å²) in [5, 5.41) is 12.2. The quantitative estimate of drug-likeness (QED) is 0.328. The van der Waals surface area contributed by atoms with Crippen LogP contribution < -0.4 is 10.1 Å². The molecule has 0 radical (unpaired) electrons. The van der Waals surface area contributed by atoms with Gasteiger partial charge in [0.2, 0.25) is 0 Å². The summed E-state index contributed by atoms with van der Waals surface area (Å²) >= 11 is 0. The number of carbonyl (C=O) groups excluding carboxylic acids is 1. The van der Waals surface area contributed by atoms with E-state index < -0.39 is 0 Å². The number of benzene rings is 3. The van der Waals surface area contributed by atoms with Gasteiger partial charge in [-0.2, -0.15) is 10.2 Å². The summed E-state index contributed by atoms with van der Waals surface area (Å²) in [6, 6.07) is 27.6. The van der Waals surface area contributed by atoms with Crippen LogP contribution in [0, 0.1) is 13.8 Å². The fourth-order valence-electron chi connectivity index (χ4n) is 4.01. The van der Waals surface area contributed by atoms with Crippen LogP contribution in [0.1, 0.15) is 27.2 Å². The van der Waals surface area contributed by atoms with E-state index in [0.29, 0.717) is 12.2 Å². The molecule has 0 spiro atoms. The van der Waals surface area contributed by atoms with Gasteiger partial charge in [-0.25, -0.2) is 9.36 Å². The number of aryl methyl sites for hydroxylation is 2. The summed E-state index contributed by atoms with van der Waals surface area (Å²) in [4.78, 5) is 12.9. The van der Waals surface area contributed by atoms with Crippen LogP contribution in [0.15, 0.2) is 97.3 Å². The molecule has 0 unspecified atom stereocenters. The first kappa shape index (κ1) is 23.1. The number of hydrogen-bond acceptors (Lipinski definition) is 4. The van der Waals surface area contributed by atoms with E-state index in [-0.39, 0.29) is 12.6 Å². The molecule has 0 atom stereocenters. The van der Waals surface area contributed by atoms with E-state index in [9.17, 15) is 4.79 Å². The van der Waals surface area contributed by atoms with Crippen LogP contribution in [-0.2, 0) is 13.3 Å². The zero-order valence-electron chi connectivity index (χ0n) is 20.3. The number of amides is 1. The van der Waals surface area contributed by atoms with Gasteiger partial charge < -0.3 is 10.1 Å². The number of ether oxygens (including phenoxy) is 1. The Morgan fingerprint density at radius 2 is 1.67 bits per heavy atom. The molecule has 0 aliphatic heterocycles. The molecule has 36 heavy (non-hydrogen) atoms. The number of para-hydroxylation sites is 1. The predicted molar refractivity (Wildman–Crippen MR) is 139 cm³/mol. The Morgan fingerprint density at radius 1 is 0.917 bits per heavy atom. The van der Waals surface area contributed by atoms with Gasteiger partial charge in [0.1, 0.15) is 11.4 Å². The highest BCUT2D eigenvalue weighted by atomic mass is 16.5. The van der Waals surface area contributed by atoms with Crippen molar-refractivity contribution >= 4 is 5.91 Å². The van der Waals surface area contributed by atoms with Crippen molar-refractivity contribution in [2.75, 3.05) is 0 Å². The minimum atomic E-state index is -0.258. The van der Waals surface area contributed by atoms with Crippen LogP contribution in [0.4, 0.5) is 0 Å². The van der Waals surface area contributed by atoms with E-state index in [4.69, 9.17) is 9.84 Å².